The van der Waals surface area contributed by atoms with Crippen LogP contribution in [0, 0.1) is 6.92 Å². The number of fused-ring (bicyclic) bond motifs is 1. The molecule has 0 spiro atoms. The quantitative estimate of drug-likeness (QED) is 0.359. The van der Waals surface area contributed by atoms with Gasteiger partial charge in [-0.1, -0.05) is 12.7 Å². The first-order valence-electron chi connectivity index (χ1n) is 11.9. The highest BCUT2D eigenvalue weighted by Crippen LogP contribution is 2.31. The van der Waals surface area contributed by atoms with Crippen LogP contribution in [0.4, 0.5) is 17.3 Å². The molecule has 1 atom stereocenters. The third-order valence-electron chi connectivity index (χ3n) is 6.27. The molecule has 37 heavy (non-hydrogen) atoms. The lowest BCUT2D eigenvalue weighted by Gasteiger charge is -2.32. The summed E-state index contributed by atoms with van der Waals surface area (Å²) in [6, 6.07) is 13.2. The van der Waals surface area contributed by atoms with E-state index in [1.807, 2.05) is 50.3 Å². The molecule has 0 radical (unpaired) electrons. The summed E-state index contributed by atoms with van der Waals surface area (Å²) in [6.45, 7) is 8.13. The molecule has 3 aromatic heterocycles. The highest BCUT2D eigenvalue weighted by Gasteiger charge is 2.23. The van der Waals surface area contributed by atoms with Crippen LogP contribution >= 0.6 is 0 Å². The zero-order chi connectivity index (χ0) is 25.9. The molecule has 1 amide bonds. The van der Waals surface area contributed by atoms with E-state index in [4.69, 9.17) is 15.5 Å². The van der Waals surface area contributed by atoms with E-state index in [1.165, 1.54) is 12.4 Å². The van der Waals surface area contributed by atoms with Crippen molar-refractivity contribution in [2.24, 2.45) is 0 Å². The maximum absolute atomic E-state index is 12.1. The number of nitrogens with one attached hydrogen (secondary N) is 1. The van der Waals surface area contributed by atoms with Crippen molar-refractivity contribution in [3.8, 4) is 11.5 Å². The molecule has 4 aromatic rings. The van der Waals surface area contributed by atoms with Crippen LogP contribution < -0.4 is 15.8 Å². The van der Waals surface area contributed by atoms with E-state index in [9.17, 15) is 4.79 Å². The van der Waals surface area contributed by atoms with Gasteiger partial charge in [0.2, 0.25) is 5.91 Å². The lowest BCUT2D eigenvalue weighted by atomic mass is 9.98. The number of benzene rings is 1. The molecule has 1 aliphatic rings. The van der Waals surface area contributed by atoms with Crippen LogP contribution in [0.2, 0.25) is 0 Å². The van der Waals surface area contributed by atoms with Gasteiger partial charge in [-0.2, -0.15) is 0 Å². The van der Waals surface area contributed by atoms with Crippen LogP contribution in [0.25, 0.3) is 16.6 Å². The maximum atomic E-state index is 12.1. The van der Waals surface area contributed by atoms with E-state index in [2.05, 4.69) is 26.8 Å². The summed E-state index contributed by atoms with van der Waals surface area (Å²) >= 11 is 0. The number of hydrogen-bond acceptors (Lipinski definition) is 8. The van der Waals surface area contributed by atoms with Gasteiger partial charge in [0.15, 0.2) is 5.82 Å². The number of ether oxygens (including phenoxy) is 1. The minimum atomic E-state index is -0.0641. The summed E-state index contributed by atoms with van der Waals surface area (Å²) in [7, 11) is 0. The van der Waals surface area contributed by atoms with Crippen molar-refractivity contribution < 1.29 is 9.53 Å². The predicted molar refractivity (Wildman–Crippen MR) is 144 cm³/mol. The summed E-state index contributed by atoms with van der Waals surface area (Å²) in [5, 5.41) is 3.37. The predicted octanol–water partition coefficient (Wildman–Crippen LogP) is 5.04. The third-order valence-corrected chi connectivity index (χ3v) is 6.27. The molecule has 9 heteroatoms. The number of amides is 1. The molecule has 5 rings (SSSR count). The Morgan fingerprint density at radius 3 is 2.81 bits per heavy atom. The van der Waals surface area contributed by atoms with E-state index >= 15 is 0 Å². The van der Waals surface area contributed by atoms with Gasteiger partial charge in [-0.3, -0.25) is 4.79 Å². The first-order chi connectivity index (χ1) is 17.9. The van der Waals surface area contributed by atoms with E-state index in [1.54, 1.807) is 23.2 Å². The third kappa shape index (κ3) is 5.11. The Morgan fingerprint density at radius 1 is 1.19 bits per heavy atom. The zero-order valence-corrected chi connectivity index (χ0v) is 20.7. The molecule has 0 unspecified atom stereocenters. The van der Waals surface area contributed by atoms with Crippen LogP contribution in [0.3, 0.4) is 0 Å². The number of nitrogen functional groups attached to an aromatic ring is 1. The molecule has 186 valence electrons. The van der Waals surface area contributed by atoms with Crippen LogP contribution in [0.15, 0.2) is 73.7 Å². The van der Waals surface area contributed by atoms with Gasteiger partial charge in [-0.15, -0.1) is 0 Å². The highest BCUT2D eigenvalue weighted by atomic mass is 16.5. The Morgan fingerprint density at radius 2 is 2.05 bits per heavy atom. The van der Waals surface area contributed by atoms with Gasteiger partial charge in [0.25, 0.3) is 0 Å². The number of nitrogens with two attached hydrogens (primary N) is 1. The molecule has 3 N–H and O–H groups in total. The highest BCUT2D eigenvalue weighted by molar-refractivity contribution is 5.90. The smallest absolute Gasteiger partial charge is 0.246 e. The molecule has 0 bridgehead atoms. The first-order valence-corrected chi connectivity index (χ1v) is 11.9. The second-order valence-corrected chi connectivity index (χ2v) is 8.89. The van der Waals surface area contributed by atoms with Gasteiger partial charge in [-0.05, 0) is 73.9 Å². The van der Waals surface area contributed by atoms with Crippen molar-refractivity contribution in [1.82, 2.24) is 24.8 Å². The second-order valence-electron chi connectivity index (χ2n) is 8.89. The number of hydrogen-bond donors (Lipinski definition) is 2. The minimum absolute atomic E-state index is 0.0555. The summed E-state index contributed by atoms with van der Waals surface area (Å²) in [5.41, 5.74) is 10.9. The zero-order valence-electron chi connectivity index (χ0n) is 20.7. The van der Waals surface area contributed by atoms with Gasteiger partial charge >= 0.3 is 0 Å². The SMILES string of the molecule is C=CC(=O)N1CC=C(c2ccc3ncnc(Nc4ccc(Oc5ccnc(N)c5)c(C)c4)c3n2)C[C@H]1C. The Balaban J connectivity index is 1.40. The molecular weight excluding hydrogens is 466 g/mol. The second kappa shape index (κ2) is 10.1. The van der Waals surface area contributed by atoms with Crippen LogP contribution in [0.5, 0.6) is 11.5 Å². The van der Waals surface area contributed by atoms with Gasteiger partial charge in [-0.25, -0.2) is 19.9 Å². The van der Waals surface area contributed by atoms with Crippen LogP contribution in [0.1, 0.15) is 24.6 Å². The minimum Gasteiger partial charge on any atom is -0.457 e. The van der Waals surface area contributed by atoms with Crippen molar-refractivity contribution in [2.75, 3.05) is 17.6 Å². The number of aryl methyl sites for hydroxylation is 1. The van der Waals surface area contributed by atoms with Crippen molar-refractivity contribution in [3.63, 3.8) is 0 Å². The molecular formula is C28H27N7O2. The van der Waals surface area contributed by atoms with Crippen molar-refractivity contribution in [3.05, 3.63) is 85.0 Å². The number of aromatic nitrogens is 4. The number of rotatable bonds is 6. The fourth-order valence-electron chi connectivity index (χ4n) is 4.34. The normalized spacial score (nSPS) is 15.2. The number of nitrogens with zero attached hydrogens (tertiary/aromatic N) is 5. The Bertz CT molecular complexity index is 1530. The van der Waals surface area contributed by atoms with E-state index in [-0.39, 0.29) is 11.9 Å². The topological polar surface area (TPSA) is 119 Å². The Labute approximate surface area is 214 Å². The van der Waals surface area contributed by atoms with Gasteiger partial charge in [0, 0.05) is 30.5 Å². The van der Waals surface area contributed by atoms with Crippen LogP contribution in [-0.4, -0.2) is 43.3 Å². The largest absolute Gasteiger partial charge is 0.457 e. The molecule has 1 aliphatic heterocycles. The lowest BCUT2D eigenvalue weighted by Crippen LogP contribution is -2.40. The average molecular weight is 494 g/mol. The van der Waals surface area contributed by atoms with E-state index in [0.717, 1.165) is 28.0 Å². The summed E-state index contributed by atoms with van der Waals surface area (Å²) < 4.78 is 5.96. The van der Waals surface area contributed by atoms with Crippen molar-refractivity contribution >= 4 is 39.8 Å². The summed E-state index contributed by atoms with van der Waals surface area (Å²) in [5.74, 6) is 2.28. The molecule has 4 heterocycles. The Hall–Kier alpha value is -4.79. The van der Waals surface area contributed by atoms with Gasteiger partial charge < -0.3 is 20.7 Å². The van der Waals surface area contributed by atoms with Crippen molar-refractivity contribution in [1.29, 1.82) is 0 Å². The first kappa shape index (κ1) is 23.9. The number of anilines is 3. The Kier molecular flexibility index (Phi) is 6.51. The molecule has 0 saturated heterocycles. The molecule has 9 nitrogen and oxygen atoms in total. The number of carbonyl (C=O) groups excluding carboxylic acids is 1. The summed E-state index contributed by atoms with van der Waals surface area (Å²) in [6.07, 6.45) is 7.24. The monoisotopic (exact) mass is 493 g/mol. The number of carbonyl (C=O) groups is 1. The molecule has 0 aliphatic carbocycles. The van der Waals surface area contributed by atoms with Crippen LogP contribution in [-0.2, 0) is 4.79 Å². The summed E-state index contributed by atoms with van der Waals surface area (Å²) in [4.78, 5) is 31.6. The van der Waals surface area contributed by atoms with E-state index < -0.39 is 0 Å². The lowest BCUT2D eigenvalue weighted by molar-refractivity contribution is -0.127. The van der Waals surface area contributed by atoms with Gasteiger partial charge in [0.05, 0.1) is 11.2 Å². The molecule has 0 saturated carbocycles. The standard InChI is InChI=1S/C28H27N7O2/c1-4-26(36)35-12-10-19(14-18(35)3)22-6-7-23-27(34-22)28(32-16-31-23)33-20-5-8-24(17(2)13-20)37-21-9-11-30-25(29)15-21/h4-11,13,15-16,18H,1,12,14H2,2-3H3,(H2,29,30)(H,31,32,33)/t18-/m1/s1. The van der Waals surface area contributed by atoms with Gasteiger partial charge in [0.1, 0.15) is 29.2 Å². The molecule has 0 fully saturated rings. The van der Waals surface area contributed by atoms with E-state index in [0.29, 0.717) is 41.6 Å². The molecule has 1 aromatic carbocycles. The maximum Gasteiger partial charge on any atom is 0.246 e. The van der Waals surface area contributed by atoms with Crippen molar-refractivity contribution in [2.45, 2.75) is 26.3 Å². The average Bonchev–Trinajstić information content (AvgIpc) is 2.90. The number of pyridine rings is 2. The fourth-order valence-corrected chi connectivity index (χ4v) is 4.34. The fraction of sp³-hybridized carbons (Fsp3) is 0.179.